The Labute approximate surface area is 214 Å². The van der Waals surface area contributed by atoms with Gasteiger partial charge in [-0.2, -0.15) is 0 Å². The molecule has 2 aliphatic heterocycles. The number of β-lactam (4-membered cyclic amide) rings is 1. The van der Waals surface area contributed by atoms with E-state index in [-0.39, 0.29) is 24.5 Å². The minimum Gasteiger partial charge on any atom is -0.489 e. The molecule has 2 atom stereocenters. The first-order valence-corrected chi connectivity index (χ1v) is 12.3. The molecule has 0 saturated carbocycles. The average Bonchev–Trinajstić information content (AvgIpc) is 2.89. The zero-order valence-corrected chi connectivity index (χ0v) is 20.4. The zero-order valence-electron chi connectivity index (χ0n) is 19.6. The van der Waals surface area contributed by atoms with E-state index in [1.165, 1.54) is 24.9 Å². The number of carboxylic acids is 1. The van der Waals surface area contributed by atoms with E-state index in [0.29, 0.717) is 22.3 Å². The molecule has 3 heterocycles. The van der Waals surface area contributed by atoms with E-state index in [9.17, 15) is 24.3 Å². The van der Waals surface area contributed by atoms with Gasteiger partial charge in [-0.3, -0.25) is 14.5 Å². The number of aliphatic carboxylic acids is 1. The number of fused-ring (bicyclic) bond motifs is 2. The minimum atomic E-state index is -1.67. The summed E-state index contributed by atoms with van der Waals surface area (Å²) in [6.45, 7) is -0.103. The third kappa shape index (κ3) is 4.47. The molecule has 5 rings (SSSR count). The van der Waals surface area contributed by atoms with Gasteiger partial charge in [-0.1, -0.05) is 30.3 Å². The summed E-state index contributed by atoms with van der Waals surface area (Å²) in [5, 5.41) is 12.6. The van der Waals surface area contributed by atoms with Crippen LogP contribution in [0.25, 0.3) is 11.0 Å². The maximum atomic E-state index is 13.2. The van der Waals surface area contributed by atoms with Crippen molar-refractivity contribution in [1.29, 1.82) is 0 Å². The predicted molar refractivity (Wildman–Crippen MR) is 134 cm³/mol. The highest BCUT2D eigenvalue weighted by Gasteiger charge is 2.66. The molecule has 190 valence electrons. The number of amides is 2. The Kier molecular flexibility index (Phi) is 6.48. The number of methoxy groups -OCH3 is 1. The normalized spacial score (nSPS) is 20.8. The Morgan fingerprint density at radius 2 is 1.92 bits per heavy atom. The van der Waals surface area contributed by atoms with E-state index in [0.717, 1.165) is 10.5 Å². The second-order valence-corrected chi connectivity index (χ2v) is 9.56. The summed E-state index contributed by atoms with van der Waals surface area (Å²) in [6, 6.07) is 16.9. The molecule has 0 radical (unpaired) electrons. The van der Waals surface area contributed by atoms with Gasteiger partial charge in [0.2, 0.25) is 5.91 Å². The average molecular weight is 523 g/mol. The van der Waals surface area contributed by atoms with E-state index in [4.69, 9.17) is 13.9 Å². The van der Waals surface area contributed by atoms with Crippen LogP contribution in [0.4, 0.5) is 0 Å². The van der Waals surface area contributed by atoms with Crippen LogP contribution in [0.5, 0.6) is 5.75 Å². The number of carboxylic acid groups (broad SMARTS) is 1. The van der Waals surface area contributed by atoms with E-state index in [1.54, 1.807) is 36.4 Å². The first-order chi connectivity index (χ1) is 17.8. The molecule has 1 saturated heterocycles. The highest BCUT2D eigenvalue weighted by atomic mass is 32.2. The number of benzene rings is 2. The number of carbonyl (C=O) groups excluding carboxylic acids is 2. The molecule has 10 nitrogen and oxygen atoms in total. The minimum absolute atomic E-state index is 0.0449. The van der Waals surface area contributed by atoms with E-state index < -0.39 is 34.5 Å². The SMILES string of the molecule is CO[C@@]1(NC(=O)Cc2ccccc2)C(=O)N2C(C(=O)O)=C(COc3ccc4ccc(=O)oc4c3)CS[C@@H]21. The van der Waals surface area contributed by atoms with Crippen LogP contribution in [0.1, 0.15) is 5.56 Å². The van der Waals surface area contributed by atoms with Gasteiger partial charge in [0.05, 0.1) is 6.42 Å². The largest absolute Gasteiger partial charge is 0.489 e. The van der Waals surface area contributed by atoms with Crippen molar-refractivity contribution in [2.45, 2.75) is 17.5 Å². The van der Waals surface area contributed by atoms with Crippen LogP contribution in [-0.2, 0) is 25.5 Å². The van der Waals surface area contributed by atoms with Crippen molar-refractivity contribution in [3.63, 3.8) is 0 Å². The number of nitrogens with one attached hydrogen (secondary N) is 1. The maximum absolute atomic E-state index is 13.2. The number of nitrogens with zero attached hydrogens (tertiary/aromatic N) is 1. The van der Waals surface area contributed by atoms with E-state index in [1.807, 2.05) is 18.2 Å². The first-order valence-electron chi connectivity index (χ1n) is 11.3. The fraction of sp³-hybridized carbons (Fsp3) is 0.231. The third-order valence-corrected chi connectivity index (χ3v) is 7.55. The molecule has 11 heteroatoms. The molecule has 0 bridgehead atoms. The lowest BCUT2D eigenvalue weighted by molar-refractivity contribution is -0.192. The Bertz CT molecular complexity index is 1480. The second kappa shape index (κ2) is 9.75. The maximum Gasteiger partial charge on any atom is 0.352 e. The number of rotatable bonds is 8. The van der Waals surface area contributed by atoms with Gasteiger partial charge in [-0.15, -0.1) is 11.8 Å². The van der Waals surface area contributed by atoms with Crippen molar-refractivity contribution in [2.24, 2.45) is 0 Å². The van der Waals surface area contributed by atoms with Crippen LogP contribution in [0.3, 0.4) is 0 Å². The molecule has 2 amide bonds. The molecular weight excluding hydrogens is 500 g/mol. The van der Waals surface area contributed by atoms with Gasteiger partial charge in [0, 0.05) is 36.0 Å². The van der Waals surface area contributed by atoms with Gasteiger partial charge in [-0.25, -0.2) is 9.59 Å². The van der Waals surface area contributed by atoms with Crippen LogP contribution < -0.4 is 15.7 Å². The summed E-state index contributed by atoms with van der Waals surface area (Å²) >= 11 is 1.27. The summed E-state index contributed by atoms with van der Waals surface area (Å²) in [7, 11) is 1.31. The van der Waals surface area contributed by atoms with Gasteiger partial charge < -0.3 is 24.3 Å². The van der Waals surface area contributed by atoms with Gasteiger partial charge in [-0.05, 0) is 23.8 Å². The number of hydrogen-bond acceptors (Lipinski definition) is 8. The predicted octanol–water partition coefficient (Wildman–Crippen LogP) is 2.13. The van der Waals surface area contributed by atoms with Crippen LogP contribution in [0.15, 0.2) is 81.1 Å². The molecule has 0 spiro atoms. The Morgan fingerprint density at radius 1 is 1.16 bits per heavy atom. The standard InChI is InChI=1S/C26H22N2O8S/c1-34-26(27-20(29)11-15-5-3-2-4-6-15)24(33)28-22(23(31)32)17(14-37-25(26)28)13-35-18-9-7-16-8-10-21(30)36-19(16)12-18/h2-10,12,25H,11,13-14H2,1H3,(H,27,29)(H,31,32)/t25-,26+/m1/s1. The third-order valence-electron chi connectivity index (χ3n) is 6.17. The Morgan fingerprint density at radius 3 is 2.65 bits per heavy atom. The number of carbonyl (C=O) groups is 3. The fourth-order valence-electron chi connectivity index (χ4n) is 4.39. The lowest BCUT2D eigenvalue weighted by Crippen LogP contribution is -2.80. The quantitative estimate of drug-likeness (QED) is 0.259. The van der Waals surface area contributed by atoms with Crippen molar-refractivity contribution >= 4 is 40.5 Å². The molecule has 2 N–H and O–H groups in total. The molecule has 1 fully saturated rings. The fourth-order valence-corrected chi connectivity index (χ4v) is 5.81. The van der Waals surface area contributed by atoms with Gasteiger partial charge >= 0.3 is 11.6 Å². The molecule has 0 unspecified atom stereocenters. The van der Waals surface area contributed by atoms with Crippen LogP contribution in [-0.4, -0.2) is 58.4 Å². The van der Waals surface area contributed by atoms with Crippen LogP contribution in [0.2, 0.25) is 0 Å². The summed E-state index contributed by atoms with van der Waals surface area (Å²) in [5.74, 6) is -1.77. The molecule has 2 aliphatic rings. The Hall–Kier alpha value is -4.09. The van der Waals surface area contributed by atoms with Gasteiger partial charge in [0.15, 0.2) is 0 Å². The van der Waals surface area contributed by atoms with E-state index >= 15 is 0 Å². The molecule has 2 aromatic carbocycles. The lowest BCUT2D eigenvalue weighted by Gasteiger charge is -2.55. The summed E-state index contributed by atoms with van der Waals surface area (Å²) in [5.41, 5.74) is -0.874. The number of ether oxygens (including phenoxy) is 2. The zero-order chi connectivity index (χ0) is 26.2. The highest BCUT2D eigenvalue weighted by Crippen LogP contribution is 2.46. The van der Waals surface area contributed by atoms with Crippen molar-refractivity contribution in [1.82, 2.24) is 10.2 Å². The van der Waals surface area contributed by atoms with Crippen molar-refractivity contribution in [3.05, 3.63) is 87.9 Å². The molecule has 37 heavy (non-hydrogen) atoms. The number of hydrogen-bond donors (Lipinski definition) is 2. The van der Waals surface area contributed by atoms with Crippen molar-refractivity contribution in [2.75, 3.05) is 19.5 Å². The monoisotopic (exact) mass is 522 g/mol. The molecule has 3 aromatic rings. The summed E-state index contributed by atoms with van der Waals surface area (Å²) in [4.78, 5) is 50.8. The molecular formula is C26H22N2O8S. The van der Waals surface area contributed by atoms with Crippen molar-refractivity contribution < 1.29 is 33.4 Å². The smallest absolute Gasteiger partial charge is 0.352 e. The van der Waals surface area contributed by atoms with Crippen molar-refractivity contribution in [3.8, 4) is 5.75 Å². The highest BCUT2D eigenvalue weighted by molar-refractivity contribution is 8.00. The van der Waals surface area contributed by atoms with Crippen LogP contribution in [0, 0.1) is 0 Å². The van der Waals surface area contributed by atoms with E-state index in [2.05, 4.69) is 5.32 Å². The van der Waals surface area contributed by atoms with Crippen LogP contribution >= 0.6 is 11.8 Å². The topological polar surface area (TPSA) is 135 Å². The first kappa shape index (κ1) is 24.6. The molecule has 0 aliphatic carbocycles. The number of thioether (sulfide) groups is 1. The summed E-state index contributed by atoms with van der Waals surface area (Å²) in [6.07, 6.45) is 0.0449. The lowest BCUT2D eigenvalue weighted by atomic mass is 9.97. The Balaban J connectivity index is 1.34. The van der Waals surface area contributed by atoms with Gasteiger partial charge in [0.25, 0.3) is 11.6 Å². The molecule has 1 aromatic heterocycles. The second-order valence-electron chi connectivity index (χ2n) is 8.49. The van der Waals surface area contributed by atoms with Gasteiger partial charge in [0.1, 0.15) is 29.0 Å². The summed E-state index contributed by atoms with van der Waals surface area (Å²) < 4.78 is 16.4.